The first-order valence-corrected chi connectivity index (χ1v) is 11.8. The van der Waals surface area contributed by atoms with Gasteiger partial charge in [0.05, 0.1) is 54.1 Å². The molecule has 1 aliphatic rings. The predicted octanol–water partition coefficient (Wildman–Crippen LogP) is 3.48. The molecule has 10 nitrogen and oxygen atoms in total. The lowest BCUT2D eigenvalue weighted by atomic mass is 10.0. The minimum absolute atomic E-state index is 0.0409. The third kappa shape index (κ3) is 6.54. The van der Waals surface area contributed by atoms with Gasteiger partial charge in [-0.05, 0) is 31.5 Å². The summed E-state index contributed by atoms with van der Waals surface area (Å²) in [4.78, 5) is 22.3. The Morgan fingerprint density at radius 1 is 1.30 bits per heavy atom. The van der Waals surface area contributed by atoms with Crippen LogP contribution >= 0.6 is 0 Å². The summed E-state index contributed by atoms with van der Waals surface area (Å²) in [5, 5.41) is 21.3. The average Bonchev–Trinajstić information content (AvgIpc) is 3.25. The summed E-state index contributed by atoms with van der Waals surface area (Å²) >= 11 is 0. The van der Waals surface area contributed by atoms with Gasteiger partial charge in [0.2, 0.25) is 5.95 Å². The maximum Gasteiger partial charge on any atom is 0.416 e. The van der Waals surface area contributed by atoms with Gasteiger partial charge in [-0.3, -0.25) is 5.10 Å². The van der Waals surface area contributed by atoms with Crippen LogP contribution in [0.5, 0.6) is 0 Å². The van der Waals surface area contributed by atoms with E-state index in [0.717, 1.165) is 6.07 Å². The van der Waals surface area contributed by atoms with E-state index in [1.54, 1.807) is 0 Å². The number of urea groups is 1. The van der Waals surface area contributed by atoms with E-state index >= 15 is 0 Å². The molecule has 0 unspecified atom stereocenters. The Morgan fingerprint density at radius 3 is 2.78 bits per heavy atom. The number of nitrogens with one attached hydrogen (secondary N) is 3. The van der Waals surface area contributed by atoms with E-state index in [0.29, 0.717) is 30.9 Å². The van der Waals surface area contributed by atoms with Crippen molar-refractivity contribution in [2.75, 3.05) is 25.0 Å². The smallest absolute Gasteiger partial charge is 0.396 e. The molecule has 0 spiro atoms. The fourth-order valence-electron chi connectivity index (χ4n) is 3.93. The van der Waals surface area contributed by atoms with Gasteiger partial charge in [0.15, 0.2) is 0 Å². The van der Waals surface area contributed by atoms with Crippen molar-refractivity contribution in [1.82, 2.24) is 30.4 Å². The molecular weight excluding hydrogens is 491 g/mol. The Balaban J connectivity index is 1.47. The lowest BCUT2D eigenvalue weighted by molar-refractivity contribution is -0.138. The molecule has 2 aromatic heterocycles. The maximum absolute atomic E-state index is 13.9. The van der Waals surface area contributed by atoms with Gasteiger partial charge in [-0.25, -0.2) is 14.8 Å². The number of carbonyl (C=O) groups excluding carboxylic acids is 1. The molecule has 1 aliphatic heterocycles. The number of nitrogens with zero attached hydrogens (tertiary/aromatic N) is 4. The summed E-state index contributed by atoms with van der Waals surface area (Å²) in [5.74, 6) is 0.164. The van der Waals surface area contributed by atoms with Crippen LogP contribution in [0.25, 0.3) is 11.3 Å². The molecule has 3 heterocycles. The zero-order chi connectivity index (χ0) is 26.6. The van der Waals surface area contributed by atoms with Crippen LogP contribution in [0.15, 0.2) is 36.7 Å². The SMILES string of the molecule is CC(C)OC1CN(C(=O)NCc2ccc(-c3ccnc(Nc4cn[nH]c4CCO)n3)cc2C(F)(F)F)C1. The molecule has 4 rings (SSSR count). The molecule has 1 aromatic carbocycles. The summed E-state index contributed by atoms with van der Waals surface area (Å²) < 4.78 is 47.3. The first-order valence-electron chi connectivity index (χ1n) is 11.8. The molecule has 1 saturated heterocycles. The van der Waals surface area contributed by atoms with Crippen molar-refractivity contribution in [3.05, 3.63) is 53.5 Å². The summed E-state index contributed by atoms with van der Waals surface area (Å²) in [6.07, 6.45) is -1.38. The molecular formula is C24H28F3N7O3. The van der Waals surface area contributed by atoms with Crippen LogP contribution in [0.4, 0.5) is 29.6 Å². The van der Waals surface area contributed by atoms with E-state index in [-0.39, 0.29) is 48.1 Å². The van der Waals surface area contributed by atoms with Gasteiger partial charge in [-0.1, -0.05) is 12.1 Å². The number of benzene rings is 1. The molecule has 0 saturated carbocycles. The number of ether oxygens (including phenoxy) is 1. The molecule has 2 amide bonds. The molecule has 3 aromatic rings. The van der Waals surface area contributed by atoms with E-state index in [2.05, 4.69) is 30.8 Å². The maximum atomic E-state index is 13.9. The van der Waals surface area contributed by atoms with Crippen molar-refractivity contribution < 1.29 is 27.8 Å². The summed E-state index contributed by atoms with van der Waals surface area (Å²) in [6.45, 7) is 4.25. The third-order valence-corrected chi connectivity index (χ3v) is 5.72. The van der Waals surface area contributed by atoms with Gasteiger partial charge < -0.3 is 25.4 Å². The van der Waals surface area contributed by atoms with Gasteiger partial charge in [-0.15, -0.1) is 0 Å². The number of hydrogen-bond donors (Lipinski definition) is 4. The number of aromatic amines is 1. The van der Waals surface area contributed by atoms with Crippen molar-refractivity contribution >= 4 is 17.7 Å². The molecule has 0 atom stereocenters. The molecule has 198 valence electrons. The molecule has 1 fully saturated rings. The van der Waals surface area contributed by atoms with Crippen LogP contribution in [-0.4, -0.2) is 68.1 Å². The monoisotopic (exact) mass is 519 g/mol. The summed E-state index contributed by atoms with van der Waals surface area (Å²) in [6, 6.07) is 4.94. The van der Waals surface area contributed by atoms with Crippen molar-refractivity contribution in [2.45, 2.75) is 45.2 Å². The number of likely N-dealkylation sites (tertiary alicyclic amines) is 1. The zero-order valence-corrected chi connectivity index (χ0v) is 20.3. The highest BCUT2D eigenvalue weighted by Gasteiger charge is 2.35. The van der Waals surface area contributed by atoms with E-state index in [9.17, 15) is 18.0 Å². The Labute approximate surface area is 211 Å². The molecule has 13 heteroatoms. The Bertz CT molecular complexity index is 1230. The van der Waals surface area contributed by atoms with Crippen molar-refractivity contribution in [2.24, 2.45) is 0 Å². The first-order chi connectivity index (χ1) is 17.6. The highest BCUT2D eigenvalue weighted by atomic mass is 19.4. The second-order valence-electron chi connectivity index (χ2n) is 8.87. The topological polar surface area (TPSA) is 128 Å². The highest BCUT2D eigenvalue weighted by molar-refractivity contribution is 5.75. The number of carbonyl (C=O) groups is 1. The predicted molar refractivity (Wildman–Crippen MR) is 129 cm³/mol. The van der Waals surface area contributed by atoms with E-state index in [1.165, 1.54) is 35.5 Å². The van der Waals surface area contributed by atoms with Crippen molar-refractivity contribution in [3.8, 4) is 11.3 Å². The Hall–Kier alpha value is -3.71. The number of halogens is 3. The van der Waals surface area contributed by atoms with E-state index in [1.807, 2.05) is 13.8 Å². The number of anilines is 2. The Morgan fingerprint density at radius 2 is 2.08 bits per heavy atom. The van der Waals surface area contributed by atoms with Crippen LogP contribution in [0.3, 0.4) is 0 Å². The van der Waals surface area contributed by atoms with Gasteiger partial charge in [0, 0.05) is 31.3 Å². The first kappa shape index (κ1) is 26.4. The average molecular weight is 520 g/mol. The molecule has 0 aliphatic carbocycles. The van der Waals surface area contributed by atoms with Crippen LogP contribution in [0.2, 0.25) is 0 Å². The number of aliphatic hydroxyl groups is 1. The van der Waals surface area contributed by atoms with E-state index in [4.69, 9.17) is 9.84 Å². The minimum atomic E-state index is -4.63. The van der Waals surface area contributed by atoms with Crippen LogP contribution in [-0.2, 0) is 23.9 Å². The second kappa shape index (κ2) is 11.1. The normalized spacial score (nSPS) is 14.1. The standard InChI is InChI=1S/C24H28F3N7O3/c1-14(2)37-17-12-34(13-17)23(36)29-10-16-4-3-15(9-18(16)24(25,26)27)19-5-7-28-22(31-19)32-21-11-30-33-20(21)6-8-35/h3-5,7,9,11,14,17,35H,6,8,10,12-13H2,1-2H3,(H,29,36)(H,30,33)(H,28,31,32). The second-order valence-corrected chi connectivity index (χ2v) is 8.87. The van der Waals surface area contributed by atoms with Gasteiger partial charge >= 0.3 is 12.2 Å². The number of aliphatic hydroxyl groups excluding tert-OH is 1. The lowest BCUT2D eigenvalue weighted by Crippen LogP contribution is -2.58. The molecule has 4 N–H and O–H groups in total. The number of hydrogen-bond acceptors (Lipinski definition) is 7. The Kier molecular flexibility index (Phi) is 7.93. The fraction of sp³-hybridized carbons (Fsp3) is 0.417. The van der Waals surface area contributed by atoms with Gasteiger partial charge in [0.25, 0.3) is 0 Å². The number of rotatable bonds is 9. The zero-order valence-electron chi connectivity index (χ0n) is 20.3. The summed E-state index contributed by atoms with van der Waals surface area (Å²) in [7, 11) is 0. The number of aromatic nitrogens is 4. The van der Waals surface area contributed by atoms with Gasteiger partial charge in [0.1, 0.15) is 0 Å². The number of alkyl halides is 3. The van der Waals surface area contributed by atoms with Crippen molar-refractivity contribution in [1.29, 1.82) is 0 Å². The van der Waals surface area contributed by atoms with Crippen LogP contribution in [0, 0.1) is 0 Å². The van der Waals surface area contributed by atoms with Crippen molar-refractivity contribution in [3.63, 3.8) is 0 Å². The third-order valence-electron chi connectivity index (χ3n) is 5.72. The lowest BCUT2D eigenvalue weighted by Gasteiger charge is -2.39. The molecule has 0 bridgehead atoms. The fourth-order valence-corrected chi connectivity index (χ4v) is 3.93. The molecule has 37 heavy (non-hydrogen) atoms. The largest absolute Gasteiger partial charge is 0.416 e. The van der Waals surface area contributed by atoms with Crippen LogP contribution < -0.4 is 10.6 Å². The summed E-state index contributed by atoms with van der Waals surface area (Å²) in [5.41, 5.74) is 0.804. The quantitative estimate of drug-likeness (QED) is 0.341. The van der Waals surface area contributed by atoms with E-state index < -0.39 is 17.8 Å². The number of amides is 2. The molecule has 0 radical (unpaired) electrons. The van der Waals surface area contributed by atoms with Gasteiger partial charge in [-0.2, -0.15) is 18.3 Å². The number of H-pyrrole nitrogens is 1. The van der Waals surface area contributed by atoms with Crippen LogP contribution in [0.1, 0.15) is 30.7 Å². The minimum Gasteiger partial charge on any atom is -0.396 e. The highest BCUT2D eigenvalue weighted by Crippen LogP contribution is 2.35.